The topological polar surface area (TPSA) is 81.1 Å². The van der Waals surface area contributed by atoms with Crippen LogP contribution in [0.3, 0.4) is 0 Å². The Morgan fingerprint density at radius 3 is 3.04 bits per heavy atom. The Balaban J connectivity index is 1.92. The number of ether oxygens (including phenoxy) is 1. The van der Waals surface area contributed by atoms with E-state index < -0.39 is 5.97 Å². The molecule has 3 rings (SSSR count). The fourth-order valence-corrected chi connectivity index (χ4v) is 2.96. The van der Waals surface area contributed by atoms with Gasteiger partial charge in [0.1, 0.15) is 16.9 Å². The zero-order valence-corrected chi connectivity index (χ0v) is 13.5. The number of anilines is 1. The van der Waals surface area contributed by atoms with Gasteiger partial charge in [-0.2, -0.15) is 0 Å². The van der Waals surface area contributed by atoms with Gasteiger partial charge in [-0.05, 0) is 32.9 Å². The van der Waals surface area contributed by atoms with Gasteiger partial charge in [-0.3, -0.25) is 0 Å². The molecule has 2 aromatic rings. The first-order valence-electron chi connectivity index (χ1n) is 7.54. The lowest BCUT2D eigenvalue weighted by Crippen LogP contribution is -2.35. The molecule has 1 aliphatic heterocycles. The molecule has 7 nitrogen and oxygen atoms in total. The van der Waals surface area contributed by atoms with Gasteiger partial charge < -0.3 is 15.4 Å². The van der Waals surface area contributed by atoms with Crippen LogP contribution >= 0.6 is 12.3 Å². The first-order valence-corrected chi connectivity index (χ1v) is 8.22. The molecule has 0 aromatic carbocycles. The van der Waals surface area contributed by atoms with E-state index in [2.05, 4.69) is 20.6 Å². The minimum atomic E-state index is -0.529. The second kappa shape index (κ2) is 7.14. The van der Waals surface area contributed by atoms with E-state index in [1.165, 1.54) is 10.2 Å². The summed E-state index contributed by atoms with van der Waals surface area (Å²) in [5, 5.41) is 6.62. The molecular formula is C14H18FN5O2S. The van der Waals surface area contributed by atoms with Crippen LogP contribution in [0.25, 0.3) is 11.2 Å². The van der Waals surface area contributed by atoms with Gasteiger partial charge in [-0.25, -0.2) is 18.7 Å². The zero-order chi connectivity index (χ0) is 16.2. The van der Waals surface area contributed by atoms with Gasteiger partial charge >= 0.3 is 5.97 Å². The van der Waals surface area contributed by atoms with Gasteiger partial charge in [0.15, 0.2) is 18.0 Å². The number of nitrogens with one attached hydrogen (secondary N) is 2. The van der Waals surface area contributed by atoms with E-state index in [0.717, 1.165) is 25.9 Å². The van der Waals surface area contributed by atoms with Crippen molar-refractivity contribution in [2.24, 2.45) is 0 Å². The van der Waals surface area contributed by atoms with Crippen LogP contribution in [0.4, 0.5) is 9.70 Å². The van der Waals surface area contributed by atoms with Crippen molar-refractivity contribution in [1.82, 2.24) is 19.3 Å². The lowest BCUT2D eigenvalue weighted by Gasteiger charge is -2.23. The average Bonchev–Trinajstić information content (AvgIpc) is 2.94. The predicted molar refractivity (Wildman–Crippen MR) is 87.1 cm³/mol. The molecule has 2 aromatic heterocycles. The number of esters is 1. The number of fused-ring (bicyclic) bond motifs is 1. The van der Waals surface area contributed by atoms with Crippen LogP contribution < -0.4 is 10.6 Å². The zero-order valence-electron chi connectivity index (χ0n) is 12.7. The van der Waals surface area contributed by atoms with Gasteiger partial charge in [-0.15, -0.1) is 3.89 Å². The molecule has 3 heterocycles. The summed E-state index contributed by atoms with van der Waals surface area (Å²) >= 11 is -0.0261. The van der Waals surface area contributed by atoms with Crippen molar-refractivity contribution >= 4 is 35.3 Å². The molecule has 0 amide bonds. The summed E-state index contributed by atoms with van der Waals surface area (Å²) in [7, 11) is 0. The number of nitrogens with zero attached hydrogens (tertiary/aromatic N) is 3. The van der Waals surface area contributed by atoms with E-state index in [0.29, 0.717) is 23.0 Å². The Hall–Kier alpha value is -1.87. The maximum Gasteiger partial charge on any atom is 0.342 e. The Morgan fingerprint density at radius 1 is 1.57 bits per heavy atom. The fraction of sp³-hybridized carbons (Fsp3) is 0.500. The molecule has 1 saturated heterocycles. The Bertz CT molecular complexity index is 702. The molecule has 1 aliphatic rings. The van der Waals surface area contributed by atoms with E-state index in [-0.39, 0.29) is 24.5 Å². The maximum absolute atomic E-state index is 13.0. The number of aromatic nitrogens is 3. The number of halogens is 1. The Morgan fingerprint density at radius 2 is 2.35 bits per heavy atom. The highest BCUT2D eigenvalue weighted by Gasteiger charge is 2.20. The van der Waals surface area contributed by atoms with Crippen molar-refractivity contribution in [3.8, 4) is 0 Å². The summed E-state index contributed by atoms with van der Waals surface area (Å²) < 4.78 is 19.2. The first kappa shape index (κ1) is 16.0. The number of carbonyl (C=O) groups excluding carboxylic acids is 1. The number of rotatable bonds is 5. The smallest absolute Gasteiger partial charge is 0.342 e. The molecule has 2 N–H and O–H groups in total. The highest BCUT2D eigenvalue weighted by molar-refractivity contribution is 7.92. The average molecular weight is 339 g/mol. The molecule has 0 saturated carbocycles. The van der Waals surface area contributed by atoms with E-state index >= 15 is 0 Å². The maximum atomic E-state index is 13.0. The summed E-state index contributed by atoms with van der Waals surface area (Å²) in [6, 6.07) is 0.312. The molecule has 0 atom stereocenters. The minimum Gasteiger partial charge on any atom is -0.462 e. The molecule has 124 valence electrons. The van der Waals surface area contributed by atoms with Gasteiger partial charge in [0, 0.05) is 12.2 Å². The van der Waals surface area contributed by atoms with E-state index in [1.807, 2.05) is 0 Å². The summed E-state index contributed by atoms with van der Waals surface area (Å²) in [4.78, 5) is 20.7. The van der Waals surface area contributed by atoms with E-state index in [9.17, 15) is 8.68 Å². The third kappa shape index (κ3) is 3.40. The third-order valence-electron chi connectivity index (χ3n) is 3.72. The standard InChI is InChI=1S/C14H18FN5O2S/c1-2-22-14(21)10-8-20(23-15)13-12(10)19-11(7-17-13)18-9-3-5-16-6-4-9/h7-9,16H,2-6H2,1H3,(H,18,19). The van der Waals surface area contributed by atoms with Crippen molar-refractivity contribution in [2.45, 2.75) is 25.8 Å². The number of piperidine rings is 1. The third-order valence-corrected chi connectivity index (χ3v) is 4.15. The van der Waals surface area contributed by atoms with Crippen LogP contribution in [0.5, 0.6) is 0 Å². The molecule has 9 heteroatoms. The molecular weight excluding hydrogens is 321 g/mol. The van der Waals surface area contributed by atoms with Crippen molar-refractivity contribution < 1.29 is 13.4 Å². The lowest BCUT2D eigenvalue weighted by molar-refractivity contribution is 0.0528. The summed E-state index contributed by atoms with van der Waals surface area (Å²) in [5.74, 6) is 0.0511. The highest BCUT2D eigenvalue weighted by atomic mass is 32.2. The fourth-order valence-electron chi connectivity index (χ4n) is 2.62. The second-order valence-corrected chi connectivity index (χ2v) is 5.79. The van der Waals surface area contributed by atoms with Gasteiger partial charge in [0.25, 0.3) is 0 Å². The second-order valence-electron chi connectivity index (χ2n) is 5.25. The molecule has 0 aliphatic carbocycles. The van der Waals surface area contributed by atoms with Gasteiger partial charge in [0.05, 0.1) is 12.8 Å². The predicted octanol–water partition coefficient (Wildman–Crippen LogP) is 2.15. The summed E-state index contributed by atoms with van der Waals surface area (Å²) in [6.45, 7) is 3.87. The van der Waals surface area contributed by atoms with Crippen LogP contribution in [-0.2, 0) is 4.74 Å². The van der Waals surface area contributed by atoms with E-state index in [4.69, 9.17) is 4.74 Å². The van der Waals surface area contributed by atoms with Crippen LogP contribution in [0.15, 0.2) is 12.4 Å². The normalized spacial score (nSPS) is 15.7. The van der Waals surface area contributed by atoms with Crippen molar-refractivity contribution in [3.05, 3.63) is 18.0 Å². The largest absolute Gasteiger partial charge is 0.462 e. The van der Waals surface area contributed by atoms with Crippen LogP contribution in [0.1, 0.15) is 30.1 Å². The molecule has 1 fully saturated rings. The van der Waals surface area contributed by atoms with Crippen LogP contribution in [0.2, 0.25) is 0 Å². The van der Waals surface area contributed by atoms with Crippen LogP contribution in [0, 0.1) is 0 Å². The first-order chi connectivity index (χ1) is 11.2. The van der Waals surface area contributed by atoms with Gasteiger partial charge in [0.2, 0.25) is 0 Å². The summed E-state index contributed by atoms with van der Waals surface area (Å²) in [5.41, 5.74) is 0.859. The quantitative estimate of drug-likeness (QED) is 0.808. The SMILES string of the molecule is CCOC(=O)c1cn(SF)c2ncc(NC3CCNCC3)nc12. The van der Waals surface area contributed by atoms with Crippen molar-refractivity contribution in [1.29, 1.82) is 0 Å². The summed E-state index contributed by atoms with van der Waals surface area (Å²) in [6.07, 6.45) is 4.91. The van der Waals surface area contributed by atoms with Crippen molar-refractivity contribution in [2.75, 3.05) is 25.0 Å². The lowest BCUT2D eigenvalue weighted by atomic mass is 10.1. The Kier molecular flexibility index (Phi) is 4.97. The minimum absolute atomic E-state index is 0.0261. The molecule has 0 radical (unpaired) electrons. The number of hydrogen-bond donors (Lipinski definition) is 2. The van der Waals surface area contributed by atoms with E-state index in [1.54, 1.807) is 13.1 Å². The number of carbonyl (C=O) groups is 1. The molecule has 0 bridgehead atoms. The monoisotopic (exact) mass is 339 g/mol. The Labute approximate surface area is 137 Å². The molecule has 0 spiro atoms. The number of hydrogen-bond acceptors (Lipinski definition) is 7. The highest BCUT2D eigenvalue weighted by Crippen LogP contribution is 2.25. The van der Waals surface area contributed by atoms with Crippen molar-refractivity contribution in [3.63, 3.8) is 0 Å². The molecule has 0 unspecified atom stereocenters. The van der Waals surface area contributed by atoms with Crippen LogP contribution in [-0.4, -0.2) is 45.6 Å². The van der Waals surface area contributed by atoms with Gasteiger partial charge in [-0.1, -0.05) is 0 Å². The molecule has 23 heavy (non-hydrogen) atoms.